The minimum atomic E-state index is -3.77. The average molecular weight is 316 g/mol. The number of rotatable bonds is 5. The fraction of sp³-hybridized carbons (Fsp3) is 0.417. The minimum Gasteiger partial charge on any atom is -0.506 e. The van der Waals surface area contributed by atoms with Crippen molar-refractivity contribution in [1.82, 2.24) is 4.72 Å². The molecule has 0 amide bonds. The second-order valence-corrected chi connectivity index (χ2v) is 7.26. The van der Waals surface area contributed by atoms with E-state index in [4.69, 9.17) is 0 Å². The first-order valence-electron chi connectivity index (χ1n) is 6.13. The van der Waals surface area contributed by atoms with E-state index in [1.54, 1.807) is 30.0 Å². The predicted molar refractivity (Wildman–Crippen MR) is 79.2 cm³/mol. The highest BCUT2D eigenvalue weighted by atomic mass is 32.2. The summed E-state index contributed by atoms with van der Waals surface area (Å²) in [6, 6.07) is 4.12. The van der Waals surface area contributed by atoms with Crippen molar-refractivity contribution in [2.75, 3.05) is 16.6 Å². The van der Waals surface area contributed by atoms with Crippen molar-refractivity contribution in [1.29, 1.82) is 0 Å². The van der Waals surface area contributed by atoms with E-state index in [2.05, 4.69) is 4.72 Å². The van der Waals surface area contributed by atoms with Gasteiger partial charge >= 0.3 is 10.2 Å². The number of hydrogen-bond acceptors (Lipinski definition) is 5. The monoisotopic (exact) mass is 316 g/mol. The standard InChI is InChI=1S/C12H16N2O4S2/c1-2-19-8-9-3-4-11(12(16)5-9)14-6-10(7-15)13-20(14,17)18/h3-5,7,10,13,16H,2,6,8H2,1H3. The second kappa shape index (κ2) is 6.02. The first kappa shape index (κ1) is 15.1. The van der Waals surface area contributed by atoms with E-state index in [9.17, 15) is 18.3 Å². The van der Waals surface area contributed by atoms with Gasteiger partial charge in [0.1, 0.15) is 12.0 Å². The molecule has 1 aliphatic rings. The Morgan fingerprint density at radius 2 is 2.30 bits per heavy atom. The molecular formula is C12H16N2O4S2. The lowest BCUT2D eigenvalue weighted by Crippen LogP contribution is -2.30. The third kappa shape index (κ3) is 3.08. The van der Waals surface area contributed by atoms with Gasteiger partial charge in [-0.05, 0) is 23.4 Å². The SMILES string of the molecule is CCSCc1ccc(N2CC(C=O)NS2(=O)=O)c(O)c1. The zero-order valence-corrected chi connectivity index (χ0v) is 12.6. The number of carbonyl (C=O) groups excluding carboxylic acids is 1. The van der Waals surface area contributed by atoms with Crippen LogP contribution in [-0.4, -0.2) is 38.1 Å². The van der Waals surface area contributed by atoms with Gasteiger partial charge in [-0.3, -0.25) is 4.31 Å². The van der Waals surface area contributed by atoms with Crippen LogP contribution in [0.1, 0.15) is 12.5 Å². The maximum atomic E-state index is 11.9. The third-order valence-electron chi connectivity index (χ3n) is 2.90. The molecule has 110 valence electrons. The molecular weight excluding hydrogens is 300 g/mol. The summed E-state index contributed by atoms with van der Waals surface area (Å²) in [6.45, 7) is 2.03. The molecule has 2 rings (SSSR count). The summed E-state index contributed by atoms with van der Waals surface area (Å²) < 4.78 is 27.0. The normalized spacial score (nSPS) is 21.1. The van der Waals surface area contributed by atoms with Crippen LogP contribution in [0.2, 0.25) is 0 Å². The molecule has 1 aliphatic heterocycles. The fourth-order valence-corrected chi connectivity index (χ4v) is 3.99. The molecule has 0 aliphatic carbocycles. The molecule has 0 spiro atoms. The maximum Gasteiger partial charge on any atom is 0.302 e. The van der Waals surface area contributed by atoms with Gasteiger partial charge in [0.15, 0.2) is 0 Å². The van der Waals surface area contributed by atoms with Gasteiger partial charge < -0.3 is 9.90 Å². The van der Waals surface area contributed by atoms with Crippen LogP contribution in [0, 0.1) is 0 Å². The van der Waals surface area contributed by atoms with Crippen molar-refractivity contribution in [3.63, 3.8) is 0 Å². The molecule has 1 heterocycles. The number of nitrogens with zero attached hydrogens (tertiary/aromatic N) is 1. The van der Waals surface area contributed by atoms with Crippen LogP contribution >= 0.6 is 11.8 Å². The summed E-state index contributed by atoms with van der Waals surface area (Å²) in [6.07, 6.45) is 0.543. The van der Waals surface area contributed by atoms with Gasteiger partial charge in [0.05, 0.1) is 18.3 Å². The molecule has 1 atom stereocenters. The van der Waals surface area contributed by atoms with Crippen molar-refractivity contribution in [2.45, 2.75) is 18.7 Å². The molecule has 6 nitrogen and oxygen atoms in total. The van der Waals surface area contributed by atoms with Gasteiger partial charge in [-0.1, -0.05) is 13.0 Å². The number of benzene rings is 1. The Balaban J connectivity index is 2.27. The Bertz CT molecular complexity index is 603. The van der Waals surface area contributed by atoms with Crippen molar-refractivity contribution in [3.05, 3.63) is 23.8 Å². The van der Waals surface area contributed by atoms with Crippen LogP contribution < -0.4 is 9.03 Å². The predicted octanol–water partition coefficient (Wildman–Crippen LogP) is 0.867. The Morgan fingerprint density at radius 3 is 2.85 bits per heavy atom. The van der Waals surface area contributed by atoms with E-state index in [0.717, 1.165) is 21.4 Å². The highest BCUT2D eigenvalue weighted by molar-refractivity contribution is 7.98. The highest BCUT2D eigenvalue weighted by Gasteiger charge is 2.36. The number of aldehydes is 1. The van der Waals surface area contributed by atoms with Crippen molar-refractivity contribution in [3.8, 4) is 5.75 Å². The average Bonchev–Trinajstić information content (AvgIpc) is 2.71. The molecule has 0 aromatic heterocycles. The van der Waals surface area contributed by atoms with Gasteiger partial charge in [-0.25, -0.2) is 0 Å². The molecule has 8 heteroatoms. The Morgan fingerprint density at radius 1 is 1.55 bits per heavy atom. The van der Waals surface area contributed by atoms with Gasteiger partial charge in [0, 0.05) is 5.75 Å². The minimum absolute atomic E-state index is 0.0115. The number of phenols is 1. The van der Waals surface area contributed by atoms with E-state index >= 15 is 0 Å². The number of phenolic OH excluding ortho intramolecular Hbond substituents is 1. The van der Waals surface area contributed by atoms with Crippen molar-refractivity contribution >= 4 is 33.9 Å². The molecule has 1 saturated heterocycles. The lowest BCUT2D eigenvalue weighted by molar-refractivity contribution is -0.108. The summed E-state index contributed by atoms with van der Waals surface area (Å²) in [5.74, 6) is 1.62. The number of carbonyl (C=O) groups is 1. The molecule has 20 heavy (non-hydrogen) atoms. The van der Waals surface area contributed by atoms with Crippen molar-refractivity contribution in [2.24, 2.45) is 0 Å². The smallest absolute Gasteiger partial charge is 0.302 e. The molecule has 2 N–H and O–H groups in total. The number of anilines is 1. The Kier molecular flexibility index (Phi) is 4.56. The van der Waals surface area contributed by atoms with E-state index < -0.39 is 16.3 Å². The Labute approximate surface area is 122 Å². The van der Waals surface area contributed by atoms with Gasteiger partial charge in [-0.2, -0.15) is 24.9 Å². The Hall–Kier alpha value is -1.25. The molecule has 1 fully saturated rings. The van der Waals surface area contributed by atoms with Crippen LogP contribution in [-0.2, 0) is 20.8 Å². The summed E-state index contributed by atoms with van der Waals surface area (Å²) in [5, 5.41) is 10.0. The van der Waals surface area contributed by atoms with E-state index in [1.165, 1.54) is 0 Å². The molecule has 0 radical (unpaired) electrons. The largest absolute Gasteiger partial charge is 0.506 e. The summed E-state index contributed by atoms with van der Waals surface area (Å²) in [5.41, 5.74) is 1.11. The quantitative estimate of drug-likeness (QED) is 0.787. The molecule has 1 aromatic rings. The lowest BCUT2D eigenvalue weighted by Gasteiger charge is -2.17. The first-order valence-corrected chi connectivity index (χ1v) is 8.72. The van der Waals surface area contributed by atoms with Crippen LogP contribution in [0.4, 0.5) is 5.69 Å². The fourth-order valence-electron chi connectivity index (χ4n) is 1.96. The third-order valence-corrected chi connectivity index (χ3v) is 5.37. The van der Waals surface area contributed by atoms with E-state index in [-0.39, 0.29) is 18.0 Å². The van der Waals surface area contributed by atoms with Gasteiger partial charge in [0.2, 0.25) is 0 Å². The van der Waals surface area contributed by atoms with Crippen LogP contribution in [0.3, 0.4) is 0 Å². The second-order valence-electron chi connectivity index (χ2n) is 4.36. The van der Waals surface area contributed by atoms with Crippen molar-refractivity contribution < 1.29 is 18.3 Å². The van der Waals surface area contributed by atoms with E-state index in [1.807, 2.05) is 6.92 Å². The number of thioether (sulfide) groups is 1. The molecule has 1 unspecified atom stereocenters. The highest BCUT2D eigenvalue weighted by Crippen LogP contribution is 2.32. The van der Waals surface area contributed by atoms with Gasteiger partial charge in [0.25, 0.3) is 0 Å². The number of hydrogen-bond donors (Lipinski definition) is 2. The topological polar surface area (TPSA) is 86.7 Å². The van der Waals surface area contributed by atoms with Crippen LogP contribution in [0.15, 0.2) is 18.2 Å². The first-order chi connectivity index (χ1) is 9.47. The summed E-state index contributed by atoms with van der Waals surface area (Å²) in [7, 11) is -3.77. The van der Waals surface area contributed by atoms with E-state index in [0.29, 0.717) is 6.29 Å². The molecule has 0 saturated carbocycles. The zero-order chi connectivity index (χ0) is 14.8. The lowest BCUT2D eigenvalue weighted by atomic mass is 10.2. The van der Waals surface area contributed by atoms with Crippen LogP contribution in [0.25, 0.3) is 0 Å². The zero-order valence-electron chi connectivity index (χ0n) is 10.9. The van der Waals surface area contributed by atoms with Gasteiger partial charge in [-0.15, -0.1) is 0 Å². The molecule has 1 aromatic carbocycles. The molecule has 0 bridgehead atoms. The van der Waals surface area contributed by atoms with Crippen LogP contribution in [0.5, 0.6) is 5.75 Å². The number of nitrogens with one attached hydrogen (secondary N) is 1. The number of aromatic hydroxyl groups is 1. The summed E-state index contributed by atoms with van der Waals surface area (Å²) >= 11 is 1.71. The summed E-state index contributed by atoms with van der Waals surface area (Å²) in [4.78, 5) is 10.7. The maximum absolute atomic E-state index is 11.9.